The maximum Gasteiger partial charge on any atom is 0.306 e. The smallest absolute Gasteiger partial charge is 0.306 e. The number of esters is 1. The molecule has 2 aromatic rings. The molecule has 0 saturated carbocycles. The lowest BCUT2D eigenvalue weighted by atomic mass is 10.0. The van der Waals surface area contributed by atoms with Crippen molar-refractivity contribution in [3.63, 3.8) is 0 Å². The van der Waals surface area contributed by atoms with E-state index in [1.807, 2.05) is 58.0 Å². The second kappa shape index (κ2) is 10.0. The van der Waals surface area contributed by atoms with Crippen LogP contribution in [0.2, 0.25) is 0 Å². The quantitative estimate of drug-likeness (QED) is 0.277. The van der Waals surface area contributed by atoms with Crippen LogP contribution in [-0.2, 0) is 9.53 Å². The van der Waals surface area contributed by atoms with Gasteiger partial charge in [-0.2, -0.15) is 0 Å². The summed E-state index contributed by atoms with van der Waals surface area (Å²) < 4.78 is 11.4. The third-order valence-electron chi connectivity index (χ3n) is 5.53. The molecule has 0 radical (unpaired) electrons. The summed E-state index contributed by atoms with van der Waals surface area (Å²) in [7, 11) is 0. The Morgan fingerprint density at radius 2 is 1.91 bits per heavy atom. The van der Waals surface area contributed by atoms with Gasteiger partial charge in [0.1, 0.15) is 22.8 Å². The van der Waals surface area contributed by atoms with E-state index < -0.39 is 5.60 Å². The Kier molecular flexibility index (Phi) is 7.38. The fourth-order valence-corrected chi connectivity index (χ4v) is 4.21. The Bertz CT molecular complexity index is 953. The highest BCUT2D eigenvalue weighted by Crippen LogP contribution is 2.42. The SMILES string of the molecule is Cc1c(Oc2ccccc2)ccc([N+](=O)[O-])c1N1CCC[C@@H]1CCCC(=O)OC(C)(C)C. The van der Waals surface area contributed by atoms with E-state index in [1.165, 1.54) is 6.07 Å². The Morgan fingerprint density at radius 1 is 1.19 bits per heavy atom. The van der Waals surface area contributed by atoms with Gasteiger partial charge in [0.25, 0.3) is 5.69 Å². The molecule has 0 bridgehead atoms. The molecule has 172 valence electrons. The van der Waals surface area contributed by atoms with Crippen molar-refractivity contribution in [1.29, 1.82) is 0 Å². The number of ether oxygens (including phenoxy) is 2. The Balaban J connectivity index is 1.78. The molecular weight excluding hydrogens is 408 g/mol. The van der Waals surface area contributed by atoms with E-state index in [0.29, 0.717) is 30.0 Å². The van der Waals surface area contributed by atoms with E-state index in [0.717, 1.165) is 31.4 Å². The summed E-state index contributed by atoms with van der Waals surface area (Å²) in [4.78, 5) is 25.7. The highest BCUT2D eigenvalue weighted by molar-refractivity contribution is 5.72. The number of carbonyl (C=O) groups excluding carboxylic acids is 1. The molecule has 1 aliphatic heterocycles. The van der Waals surface area contributed by atoms with Gasteiger partial charge < -0.3 is 14.4 Å². The summed E-state index contributed by atoms with van der Waals surface area (Å²) in [6.07, 6.45) is 3.70. The van der Waals surface area contributed by atoms with Gasteiger partial charge in [-0.1, -0.05) is 18.2 Å². The summed E-state index contributed by atoms with van der Waals surface area (Å²) in [6.45, 7) is 8.19. The van der Waals surface area contributed by atoms with Crippen LogP contribution < -0.4 is 9.64 Å². The monoisotopic (exact) mass is 440 g/mol. The molecule has 0 N–H and O–H groups in total. The highest BCUT2D eigenvalue weighted by atomic mass is 16.6. The third-order valence-corrected chi connectivity index (χ3v) is 5.53. The minimum atomic E-state index is -0.493. The van der Waals surface area contributed by atoms with Gasteiger partial charge in [-0.15, -0.1) is 0 Å². The molecule has 32 heavy (non-hydrogen) atoms. The minimum Gasteiger partial charge on any atom is -0.460 e. The summed E-state index contributed by atoms with van der Waals surface area (Å²) in [6, 6.07) is 12.7. The zero-order chi connectivity index (χ0) is 23.3. The van der Waals surface area contributed by atoms with Crippen molar-refractivity contribution in [2.24, 2.45) is 0 Å². The summed E-state index contributed by atoms with van der Waals surface area (Å²) >= 11 is 0. The van der Waals surface area contributed by atoms with Crippen molar-refractivity contribution in [2.75, 3.05) is 11.4 Å². The van der Waals surface area contributed by atoms with Gasteiger partial charge in [-0.25, -0.2) is 0 Å². The van der Waals surface area contributed by atoms with Crippen molar-refractivity contribution in [3.8, 4) is 11.5 Å². The van der Waals surface area contributed by atoms with Gasteiger partial charge in [0.15, 0.2) is 0 Å². The van der Waals surface area contributed by atoms with Crippen LogP contribution in [0.1, 0.15) is 58.4 Å². The first-order valence-corrected chi connectivity index (χ1v) is 11.1. The fourth-order valence-electron chi connectivity index (χ4n) is 4.21. The fraction of sp³-hybridized carbons (Fsp3) is 0.480. The highest BCUT2D eigenvalue weighted by Gasteiger charge is 2.32. The van der Waals surface area contributed by atoms with Gasteiger partial charge >= 0.3 is 5.97 Å². The van der Waals surface area contributed by atoms with E-state index >= 15 is 0 Å². The van der Waals surface area contributed by atoms with Crippen LogP contribution in [0.25, 0.3) is 0 Å². The topological polar surface area (TPSA) is 81.9 Å². The van der Waals surface area contributed by atoms with Crippen LogP contribution >= 0.6 is 0 Å². The molecule has 0 unspecified atom stereocenters. The first-order chi connectivity index (χ1) is 15.2. The van der Waals surface area contributed by atoms with Crippen LogP contribution in [0.4, 0.5) is 11.4 Å². The van der Waals surface area contributed by atoms with Crippen LogP contribution in [0, 0.1) is 17.0 Å². The lowest BCUT2D eigenvalue weighted by molar-refractivity contribution is -0.384. The second-order valence-corrected chi connectivity index (χ2v) is 9.20. The maximum atomic E-state index is 12.1. The molecule has 0 amide bonds. The van der Waals surface area contributed by atoms with Crippen LogP contribution in [-0.4, -0.2) is 29.1 Å². The molecule has 2 aromatic carbocycles. The van der Waals surface area contributed by atoms with Crippen molar-refractivity contribution < 1.29 is 19.2 Å². The number of nitrogens with zero attached hydrogens (tertiary/aromatic N) is 2. The lowest BCUT2D eigenvalue weighted by Crippen LogP contribution is -2.31. The van der Waals surface area contributed by atoms with Crippen LogP contribution in [0.3, 0.4) is 0 Å². The number of nitro groups is 1. The molecular formula is C25H32N2O5. The van der Waals surface area contributed by atoms with E-state index in [2.05, 4.69) is 4.90 Å². The standard InChI is InChI=1S/C25H32N2O5/c1-18-22(31-20-12-6-5-7-13-20)16-15-21(27(29)30)24(18)26-17-9-11-19(26)10-8-14-23(28)32-25(2,3)4/h5-7,12-13,15-16,19H,8-11,14,17H2,1-4H3/t19-/m0/s1. The van der Waals surface area contributed by atoms with E-state index in [9.17, 15) is 14.9 Å². The number of nitro benzene ring substituents is 1. The van der Waals surface area contributed by atoms with Gasteiger partial charge in [-0.3, -0.25) is 14.9 Å². The zero-order valence-corrected chi connectivity index (χ0v) is 19.3. The molecule has 1 heterocycles. The van der Waals surface area contributed by atoms with Gasteiger partial charge in [0.05, 0.1) is 4.92 Å². The first kappa shape index (κ1) is 23.6. The Labute approximate surface area is 189 Å². The lowest BCUT2D eigenvalue weighted by Gasteiger charge is -2.29. The largest absolute Gasteiger partial charge is 0.460 e. The van der Waals surface area contributed by atoms with Gasteiger partial charge in [-0.05, 0) is 71.6 Å². The average Bonchev–Trinajstić information content (AvgIpc) is 3.16. The molecule has 0 aromatic heterocycles. The Hall–Kier alpha value is -3.09. The predicted molar refractivity (Wildman–Crippen MR) is 124 cm³/mol. The van der Waals surface area contributed by atoms with Gasteiger partial charge in [0.2, 0.25) is 0 Å². The number of anilines is 1. The van der Waals surface area contributed by atoms with Crippen LogP contribution in [0.15, 0.2) is 42.5 Å². The predicted octanol–water partition coefficient (Wildman–Crippen LogP) is 6.18. The molecule has 1 aliphatic rings. The molecule has 1 saturated heterocycles. The molecule has 3 rings (SSSR count). The Morgan fingerprint density at radius 3 is 2.56 bits per heavy atom. The first-order valence-electron chi connectivity index (χ1n) is 11.1. The van der Waals surface area contributed by atoms with E-state index in [-0.39, 0.29) is 22.6 Å². The van der Waals surface area contributed by atoms with E-state index in [1.54, 1.807) is 6.07 Å². The number of rotatable bonds is 8. The summed E-state index contributed by atoms with van der Waals surface area (Å²) in [5, 5.41) is 11.8. The van der Waals surface area contributed by atoms with Crippen molar-refractivity contribution in [2.45, 2.75) is 71.4 Å². The maximum absolute atomic E-state index is 12.1. The molecule has 7 heteroatoms. The molecule has 7 nitrogen and oxygen atoms in total. The summed E-state index contributed by atoms with van der Waals surface area (Å²) in [5.74, 6) is 1.09. The molecule has 0 spiro atoms. The number of para-hydroxylation sites is 1. The van der Waals surface area contributed by atoms with Crippen molar-refractivity contribution in [3.05, 3.63) is 58.1 Å². The molecule has 1 fully saturated rings. The second-order valence-electron chi connectivity index (χ2n) is 9.20. The number of carbonyl (C=O) groups is 1. The number of hydrogen-bond donors (Lipinski definition) is 0. The van der Waals surface area contributed by atoms with Crippen molar-refractivity contribution in [1.82, 2.24) is 0 Å². The molecule has 1 atom stereocenters. The molecule has 0 aliphatic carbocycles. The van der Waals surface area contributed by atoms with Gasteiger partial charge in [0, 0.05) is 30.6 Å². The zero-order valence-electron chi connectivity index (χ0n) is 19.3. The van der Waals surface area contributed by atoms with Crippen LogP contribution in [0.5, 0.6) is 11.5 Å². The van der Waals surface area contributed by atoms with Crippen molar-refractivity contribution >= 4 is 17.3 Å². The minimum absolute atomic E-state index is 0.0851. The number of hydrogen-bond acceptors (Lipinski definition) is 6. The normalized spacial score (nSPS) is 16.1. The summed E-state index contributed by atoms with van der Waals surface area (Å²) in [5.41, 5.74) is 0.958. The van der Waals surface area contributed by atoms with E-state index in [4.69, 9.17) is 9.47 Å². The average molecular weight is 441 g/mol. The number of benzene rings is 2. The third kappa shape index (κ3) is 5.99.